The largest absolute Gasteiger partial charge is 0.417 e. The van der Waals surface area contributed by atoms with Crippen molar-refractivity contribution in [3.63, 3.8) is 0 Å². The number of benzene rings is 4. The van der Waals surface area contributed by atoms with Crippen LogP contribution in [0.5, 0.6) is 0 Å². The minimum atomic E-state index is -0.575. The molecule has 198 valence electrons. The van der Waals surface area contributed by atoms with E-state index in [2.05, 4.69) is 121 Å². The van der Waals surface area contributed by atoms with Crippen molar-refractivity contribution < 1.29 is 8.85 Å². The molecule has 0 amide bonds. The van der Waals surface area contributed by atoms with Crippen LogP contribution < -0.4 is 0 Å². The van der Waals surface area contributed by atoms with Gasteiger partial charge >= 0.3 is 0 Å². The van der Waals surface area contributed by atoms with Gasteiger partial charge in [-0.05, 0) is 72.9 Å². The normalized spacial score (nSPS) is 13.4. The summed E-state index contributed by atoms with van der Waals surface area (Å²) in [6, 6.07) is 45.6. The lowest BCUT2D eigenvalue weighted by molar-refractivity contribution is 0.197. The molecule has 0 bridgehead atoms. The zero-order valence-electron chi connectivity index (χ0n) is 22.6. The average Bonchev–Trinajstić information content (AvgIpc) is 2.99. The van der Waals surface area contributed by atoms with Crippen molar-refractivity contribution >= 4 is 19.5 Å². The van der Waals surface area contributed by atoms with Gasteiger partial charge in [-0.1, -0.05) is 121 Å². The number of hydrogen-bond donors (Lipinski definition) is 0. The maximum absolute atomic E-state index is 6.58. The molecule has 0 aliphatic rings. The Hall–Kier alpha value is -2.77. The minimum absolute atomic E-state index is 0.226. The Balaban J connectivity index is 1.19. The second kappa shape index (κ2) is 16.9. The van der Waals surface area contributed by atoms with E-state index in [0.717, 1.165) is 38.5 Å². The Bertz CT molecular complexity index is 1030. The highest BCUT2D eigenvalue weighted by atomic mass is 28.2. The van der Waals surface area contributed by atoms with Crippen LogP contribution in [0.25, 0.3) is 0 Å². The first-order valence-corrected chi connectivity index (χ1v) is 17.4. The van der Waals surface area contributed by atoms with Crippen LogP contribution in [0.3, 0.4) is 0 Å². The number of rotatable bonds is 17. The highest BCUT2D eigenvalue weighted by molar-refractivity contribution is 6.34. The molecule has 2 atom stereocenters. The second-order valence-electron chi connectivity index (χ2n) is 10.0. The molecule has 38 heavy (non-hydrogen) atoms. The average molecular weight is 539 g/mol. The first-order valence-electron chi connectivity index (χ1n) is 14.3. The Morgan fingerprint density at radius 1 is 0.447 bits per heavy atom. The third kappa shape index (κ3) is 10.2. The van der Waals surface area contributed by atoms with Crippen LogP contribution in [-0.2, 0) is 21.7 Å². The summed E-state index contributed by atoms with van der Waals surface area (Å²) in [5, 5.41) is 0. The number of hydrogen-bond acceptors (Lipinski definition) is 2. The van der Waals surface area contributed by atoms with E-state index < -0.39 is 19.5 Å². The standard InChI is InChI=1S/C34H42O2Si2/c1-5-15-29(16-6-1)19-13-25-33(31-21-9-3-10-22-31)35-37-27-28-38-36-34(32-23-11-4-12-24-32)26-14-20-30-17-7-2-8-18-30/h1-12,15-18,21-24,33-34H,13-14,19-20,25-28,37-38H2. The Morgan fingerprint density at radius 2 is 0.789 bits per heavy atom. The van der Waals surface area contributed by atoms with Crippen LogP contribution in [0, 0.1) is 0 Å². The quantitative estimate of drug-likeness (QED) is 0.102. The van der Waals surface area contributed by atoms with Gasteiger partial charge in [-0.3, -0.25) is 0 Å². The summed E-state index contributed by atoms with van der Waals surface area (Å²) in [4.78, 5) is 0. The van der Waals surface area contributed by atoms with Gasteiger partial charge in [0.05, 0.1) is 12.2 Å². The van der Waals surface area contributed by atoms with E-state index >= 15 is 0 Å². The zero-order valence-corrected chi connectivity index (χ0v) is 25.4. The molecule has 0 heterocycles. The molecule has 4 heteroatoms. The molecule has 0 radical (unpaired) electrons. The van der Waals surface area contributed by atoms with Crippen molar-refractivity contribution in [3.05, 3.63) is 144 Å². The van der Waals surface area contributed by atoms with Crippen LogP contribution in [0.15, 0.2) is 121 Å². The first-order chi connectivity index (χ1) is 18.9. The summed E-state index contributed by atoms with van der Waals surface area (Å²) >= 11 is 0. The van der Waals surface area contributed by atoms with Gasteiger partial charge in [-0.2, -0.15) is 0 Å². The van der Waals surface area contributed by atoms with E-state index in [1.807, 2.05) is 0 Å². The van der Waals surface area contributed by atoms with Gasteiger partial charge in [0.1, 0.15) is 0 Å². The highest BCUT2D eigenvalue weighted by Gasteiger charge is 2.13. The molecule has 2 nitrogen and oxygen atoms in total. The van der Waals surface area contributed by atoms with Gasteiger partial charge in [0.15, 0.2) is 19.5 Å². The fourth-order valence-electron chi connectivity index (χ4n) is 4.96. The molecule has 0 spiro atoms. The van der Waals surface area contributed by atoms with Crippen molar-refractivity contribution in [2.75, 3.05) is 0 Å². The number of aryl methyl sites for hydroxylation is 2. The maximum Gasteiger partial charge on any atom is 0.162 e. The Kier molecular flexibility index (Phi) is 12.6. The van der Waals surface area contributed by atoms with E-state index in [-0.39, 0.29) is 12.2 Å². The monoisotopic (exact) mass is 538 g/mol. The van der Waals surface area contributed by atoms with Crippen LogP contribution >= 0.6 is 0 Å². The third-order valence-corrected chi connectivity index (χ3v) is 10.9. The van der Waals surface area contributed by atoms with Crippen molar-refractivity contribution in [2.45, 2.75) is 62.8 Å². The van der Waals surface area contributed by atoms with E-state index in [4.69, 9.17) is 8.85 Å². The molecule has 0 aromatic heterocycles. The Morgan fingerprint density at radius 3 is 1.16 bits per heavy atom. The predicted molar refractivity (Wildman–Crippen MR) is 166 cm³/mol. The molecule has 4 rings (SSSR count). The summed E-state index contributed by atoms with van der Waals surface area (Å²) in [6.07, 6.45) is 7.14. The molecule has 0 saturated carbocycles. The van der Waals surface area contributed by atoms with Crippen molar-refractivity contribution in [1.82, 2.24) is 0 Å². The van der Waals surface area contributed by atoms with Crippen LogP contribution in [0.2, 0.25) is 12.1 Å². The molecule has 0 saturated heterocycles. The predicted octanol–water partition coefficient (Wildman–Crippen LogP) is 7.55. The Labute approximate surface area is 234 Å². The van der Waals surface area contributed by atoms with Crippen LogP contribution in [-0.4, -0.2) is 19.5 Å². The summed E-state index contributed by atoms with van der Waals surface area (Å²) in [6.45, 7) is 0. The topological polar surface area (TPSA) is 18.5 Å². The molecule has 4 aromatic carbocycles. The van der Waals surface area contributed by atoms with E-state index in [1.165, 1.54) is 34.3 Å². The van der Waals surface area contributed by atoms with Crippen LogP contribution in [0.1, 0.15) is 60.1 Å². The van der Waals surface area contributed by atoms with Gasteiger partial charge in [-0.25, -0.2) is 0 Å². The molecular weight excluding hydrogens is 497 g/mol. The molecule has 0 aliphatic carbocycles. The van der Waals surface area contributed by atoms with Crippen molar-refractivity contribution in [3.8, 4) is 0 Å². The first kappa shape index (κ1) is 28.2. The highest BCUT2D eigenvalue weighted by Crippen LogP contribution is 2.25. The van der Waals surface area contributed by atoms with Gasteiger partial charge in [0, 0.05) is 0 Å². The summed E-state index contributed by atoms with van der Waals surface area (Å²) in [7, 11) is -1.15. The molecule has 4 aromatic rings. The van der Waals surface area contributed by atoms with E-state index in [1.54, 1.807) is 0 Å². The third-order valence-electron chi connectivity index (χ3n) is 7.07. The SMILES string of the molecule is c1ccc(CCCC(O[SiH2]CC[SiH2]OC(CCCc2ccccc2)c2ccccc2)c2ccccc2)cc1. The molecular formula is C34H42O2Si2. The minimum Gasteiger partial charge on any atom is -0.417 e. The molecule has 2 unspecified atom stereocenters. The van der Waals surface area contributed by atoms with Crippen molar-refractivity contribution in [2.24, 2.45) is 0 Å². The maximum atomic E-state index is 6.58. The van der Waals surface area contributed by atoms with Gasteiger partial charge in [-0.15, -0.1) is 0 Å². The summed E-state index contributed by atoms with van der Waals surface area (Å²) in [5.74, 6) is 0. The van der Waals surface area contributed by atoms with E-state index in [9.17, 15) is 0 Å². The lowest BCUT2D eigenvalue weighted by Crippen LogP contribution is -2.12. The van der Waals surface area contributed by atoms with Gasteiger partial charge < -0.3 is 8.85 Å². The zero-order chi connectivity index (χ0) is 26.1. The lowest BCUT2D eigenvalue weighted by atomic mass is 10.0. The van der Waals surface area contributed by atoms with Crippen molar-refractivity contribution in [1.29, 1.82) is 0 Å². The second-order valence-corrected chi connectivity index (χ2v) is 12.9. The lowest BCUT2D eigenvalue weighted by Gasteiger charge is -2.20. The van der Waals surface area contributed by atoms with Gasteiger partial charge in [0.25, 0.3) is 0 Å². The van der Waals surface area contributed by atoms with E-state index in [0.29, 0.717) is 0 Å². The molecule has 0 aliphatic heterocycles. The fraction of sp³-hybridized carbons (Fsp3) is 0.294. The molecule has 0 fully saturated rings. The smallest absolute Gasteiger partial charge is 0.162 e. The molecule has 0 N–H and O–H groups in total. The fourth-order valence-corrected chi connectivity index (χ4v) is 8.21. The summed E-state index contributed by atoms with van der Waals surface area (Å²) in [5.41, 5.74) is 5.47. The van der Waals surface area contributed by atoms with Crippen LogP contribution in [0.4, 0.5) is 0 Å². The summed E-state index contributed by atoms with van der Waals surface area (Å²) < 4.78 is 13.2. The van der Waals surface area contributed by atoms with Gasteiger partial charge in [0.2, 0.25) is 0 Å².